The Bertz CT molecular complexity index is 888. The van der Waals surface area contributed by atoms with Crippen molar-refractivity contribution >= 4 is 62.7 Å². The molecule has 0 aliphatic rings. The Morgan fingerprint density at radius 2 is 1.00 bits per heavy atom. The first-order valence-corrected chi connectivity index (χ1v) is 14.9. The standard InChI is InChI=1S/C22H43NO13P2.Na.H/c1-19(2,3)16(24)31-13-34-37(28,29)22(27,11-10-12-23)38(30,35-14-32-17(25)20(4,5)6)36-15-33-18(26)21(7,8)9;;/h27H,10-15,23H2,1-9H3,(H,28,29);;. The number of esters is 3. The van der Waals surface area contributed by atoms with Gasteiger partial charge in [-0.05, 0) is 75.3 Å². The van der Waals surface area contributed by atoms with Crippen LogP contribution in [-0.4, -0.2) is 89.5 Å². The summed E-state index contributed by atoms with van der Waals surface area (Å²) in [6, 6.07) is 0. The fraction of sp³-hybridized carbons (Fsp3) is 0.864. The van der Waals surface area contributed by atoms with Gasteiger partial charge in [0.15, 0.2) is 0 Å². The van der Waals surface area contributed by atoms with Crippen molar-refractivity contribution in [3.63, 3.8) is 0 Å². The predicted molar refractivity (Wildman–Crippen MR) is 142 cm³/mol. The van der Waals surface area contributed by atoms with Gasteiger partial charge in [0.05, 0.1) is 16.2 Å². The van der Waals surface area contributed by atoms with E-state index in [4.69, 9.17) is 33.5 Å². The SMILES string of the molecule is CC(C)(C)C(=O)OCOP(=O)(O)C(O)(CCCN)P(=O)(OCOC(=O)C(C)(C)C)OCOC(=O)C(C)(C)C.[NaH]. The maximum atomic E-state index is 13.9. The van der Waals surface area contributed by atoms with Gasteiger partial charge in [0, 0.05) is 6.42 Å². The first kappa shape index (κ1) is 40.8. The molecule has 2 atom stereocenters. The van der Waals surface area contributed by atoms with E-state index in [0.717, 1.165) is 0 Å². The number of carbonyl (C=O) groups excluding carboxylic acids is 3. The number of ether oxygens (including phenoxy) is 3. The van der Waals surface area contributed by atoms with Gasteiger partial charge in [-0.15, -0.1) is 0 Å². The predicted octanol–water partition coefficient (Wildman–Crippen LogP) is 2.79. The van der Waals surface area contributed by atoms with Gasteiger partial charge >= 0.3 is 62.7 Å². The van der Waals surface area contributed by atoms with Crippen molar-refractivity contribution in [2.24, 2.45) is 22.0 Å². The number of hydrogen-bond donors (Lipinski definition) is 3. The minimum absolute atomic E-state index is 0. The van der Waals surface area contributed by atoms with Crippen LogP contribution < -0.4 is 5.73 Å². The Balaban J connectivity index is 0. The number of carbonyl (C=O) groups is 3. The Morgan fingerprint density at radius 3 is 1.28 bits per heavy atom. The summed E-state index contributed by atoms with van der Waals surface area (Å²) in [4.78, 5) is 46.9. The molecule has 0 saturated carbocycles. The summed E-state index contributed by atoms with van der Waals surface area (Å²) in [7, 11) is -10.7. The molecule has 0 aromatic rings. The van der Waals surface area contributed by atoms with E-state index in [9.17, 15) is 33.5 Å². The Kier molecular flexibility index (Phi) is 16.5. The van der Waals surface area contributed by atoms with Gasteiger partial charge in [-0.3, -0.25) is 37.1 Å². The normalized spacial score (nSPS) is 15.8. The summed E-state index contributed by atoms with van der Waals surface area (Å²) in [5, 5.41) is 8.04. The summed E-state index contributed by atoms with van der Waals surface area (Å²) in [5.74, 6) is -2.36. The zero-order valence-electron chi connectivity index (χ0n) is 23.6. The van der Waals surface area contributed by atoms with Crippen molar-refractivity contribution in [2.75, 3.05) is 26.9 Å². The van der Waals surface area contributed by atoms with Crippen LogP contribution >= 0.6 is 15.2 Å². The molecule has 226 valence electrons. The van der Waals surface area contributed by atoms with Crippen molar-refractivity contribution < 1.29 is 61.3 Å². The molecule has 0 aliphatic heterocycles. The van der Waals surface area contributed by atoms with Gasteiger partial charge in [0.2, 0.25) is 20.4 Å². The van der Waals surface area contributed by atoms with E-state index in [2.05, 4.69) is 0 Å². The van der Waals surface area contributed by atoms with Crippen LogP contribution in [-0.2, 0) is 51.3 Å². The monoisotopic (exact) mass is 615 g/mol. The summed E-state index contributed by atoms with van der Waals surface area (Å²) >= 11 is 0. The van der Waals surface area contributed by atoms with Crippen LogP contribution in [0.3, 0.4) is 0 Å². The van der Waals surface area contributed by atoms with Crippen LogP contribution in [0.5, 0.6) is 0 Å². The summed E-state index contributed by atoms with van der Waals surface area (Å²) in [6.07, 6.45) is -0.936. The van der Waals surface area contributed by atoms with Crippen molar-refractivity contribution in [2.45, 2.75) is 80.2 Å². The van der Waals surface area contributed by atoms with Crippen molar-refractivity contribution in [1.82, 2.24) is 0 Å². The third-order valence-corrected chi connectivity index (χ3v) is 9.76. The van der Waals surface area contributed by atoms with Crippen LogP contribution in [0.2, 0.25) is 0 Å². The van der Waals surface area contributed by atoms with E-state index in [0.29, 0.717) is 0 Å². The quantitative estimate of drug-likeness (QED) is 0.0844. The van der Waals surface area contributed by atoms with Gasteiger partial charge in [0.25, 0.3) is 5.08 Å². The average Bonchev–Trinajstić information content (AvgIpc) is 2.74. The van der Waals surface area contributed by atoms with E-state index in [-0.39, 0.29) is 42.5 Å². The molecule has 4 N–H and O–H groups in total. The number of rotatable bonds is 14. The average molecular weight is 616 g/mol. The molecule has 0 aromatic carbocycles. The van der Waals surface area contributed by atoms with Gasteiger partial charge < -0.3 is 29.9 Å². The van der Waals surface area contributed by atoms with E-state index in [1.54, 1.807) is 0 Å². The van der Waals surface area contributed by atoms with Crippen LogP contribution in [0.1, 0.15) is 75.2 Å². The summed E-state index contributed by atoms with van der Waals surface area (Å²) in [5.41, 5.74) is 2.53. The molecule has 14 nitrogen and oxygen atoms in total. The van der Waals surface area contributed by atoms with Gasteiger partial charge in [-0.25, -0.2) is 0 Å². The van der Waals surface area contributed by atoms with Crippen molar-refractivity contribution in [1.29, 1.82) is 0 Å². The van der Waals surface area contributed by atoms with Crippen molar-refractivity contribution in [3.05, 3.63) is 0 Å². The zero-order valence-corrected chi connectivity index (χ0v) is 25.4. The van der Waals surface area contributed by atoms with Crippen molar-refractivity contribution in [3.8, 4) is 0 Å². The fourth-order valence-corrected chi connectivity index (χ4v) is 6.12. The number of hydrogen-bond acceptors (Lipinski definition) is 13. The molecule has 0 aliphatic carbocycles. The second kappa shape index (κ2) is 15.7. The number of aliphatic hydroxyl groups is 1. The third-order valence-electron chi connectivity index (χ3n) is 4.69. The van der Waals surface area contributed by atoms with E-state index in [1.165, 1.54) is 62.3 Å². The first-order chi connectivity index (χ1) is 16.9. The molecule has 0 spiro atoms. The molecule has 0 rings (SSSR count). The molecule has 0 aromatic heterocycles. The minimum atomic E-state index is -5.44. The molecule has 0 bridgehead atoms. The molecule has 0 saturated heterocycles. The van der Waals surface area contributed by atoms with Crippen LogP contribution in [0.15, 0.2) is 0 Å². The zero-order chi connectivity index (χ0) is 30.2. The molecule has 0 heterocycles. The Labute approximate surface area is 252 Å². The second-order valence-corrected chi connectivity index (χ2v) is 16.1. The molecule has 2 unspecified atom stereocenters. The third kappa shape index (κ3) is 12.6. The summed E-state index contributed by atoms with van der Waals surface area (Å²) in [6.45, 7) is 10.4. The van der Waals surface area contributed by atoms with E-state index >= 15 is 0 Å². The molecule has 0 amide bonds. The molecule has 39 heavy (non-hydrogen) atoms. The number of nitrogens with two attached hydrogens (primary N) is 1. The fourth-order valence-electron chi connectivity index (χ4n) is 2.22. The molecule has 0 fully saturated rings. The van der Waals surface area contributed by atoms with Crippen LogP contribution in [0.4, 0.5) is 0 Å². The van der Waals surface area contributed by atoms with Crippen LogP contribution in [0.25, 0.3) is 0 Å². The topological polar surface area (TPSA) is 207 Å². The molecular weight excluding hydrogens is 571 g/mol. The first-order valence-electron chi connectivity index (χ1n) is 11.8. The van der Waals surface area contributed by atoms with Gasteiger partial charge in [-0.2, -0.15) is 0 Å². The molecule has 0 radical (unpaired) electrons. The maximum absolute atomic E-state index is 13.9. The van der Waals surface area contributed by atoms with Crippen LogP contribution in [0, 0.1) is 16.2 Å². The second-order valence-electron chi connectivity index (χ2n) is 11.5. The molecular formula is C22H44NNaO13P2. The van der Waals surface area contributed by atoms with E-state index in [1.807, 2.05) is 0 Å². The Morgan fingerprint density at radius 1 is 0.692 bits per heavy atom. The van der Waals surface area contributed by atoms with E-state index < -0.39 is 81.2 Å². The molecule has 17 heteroatoms. The Hall–Kier alpha value is -0.370. The summed E-state index contributed by atoms with van der Waals surface area (Å²) < 4.78 is 56.7. The van der Waals surface area contributed by atoms with Gasteiger partial charge in [0.1, 0.15) is 0 Å². The van der Waals surface area contributed by atoms with Gasteiger partial charge in [-0.1, -0.05) is 0 Å².